The van der Waals surface area contributed by atoms with Crippen molar-refractivity contribution in [3.63, 3.8) is 0 Å². The summed E-state index contributed by atoms with van der Waals surface area (Å²) in [4.78, 5) is 12.4. The Labute approximate surface area is 142 Å². The molecule has 2 rings (SSSR count). The van der Waals surface area contributed by atoms with Crippen molar-refractivity contribution in [2.75, 3.05) is 0 Å². The zero-order valence-electron chi connectivity index (χ0n) is 15.5. The molecule has 1 aliphatic rings. The number of carbonyl (C=O) groups excluding carboxylic acids is 1. The van der Waals surface area contributed by atoms with E-state index in [0.717, 1.165) is 5.57 Å². The molecular weight excluding hydrogens is 310 g/mol. The van der Waals surface area contributed by atoms with Gasteiger partial charge >= 0.3 is 5.97 Å². The quantitative estimate of drug-likeness (QED) is 0.560. The Bertz CT molecular complexity index is 684. The maximum Gasteiger partial charge on any atom is 0.310 e. The third-order valence-corrected chi connectivity index (χ3v) is 5.26. The minimum Gasteiger partial charge on any atom is -0.461 e. The van der Waals surface area contributed by atoms with Crippen molar-refractivity contribution >= 4 is 5.97 Å². The predicted molar refractivity (Wildman–Crippen MR) is 90.6 cm³/mol. The summed E-state index contributed by atoms with van der Waals surface area (Å²) < 4.78 is 33.5. The fourth-order valence-electron chi connectivity index (χ4n) is 3.45. The van der Waals surface area contributed by atoms with E-state index in [1.54, 1.807) is 13.8 Å². The maximum absolute atomic E-state index is 14.1. The lowest BCUT2D eigenvalue weighted by atomic mass is 9.98. The summed E-state index contributed by atoms with van der Waals surface area (Å²) in [5.74, 6) is -1.49. The lowest BCUT2D eigenvalue weighted by molar-refractivity contribution is -0.147. The fourth-order valence-corrected chi connectivity index (χ4v) is 3.45. The lowest BCUT2D eigenvalue weighted by Crippen LogP contribution is -2.13. The Balaban J connectivity index is 2.16. The molecule has 0 saturated heterocycles. The van der Waals surface area contributed by atoms with Crippen LogP contribution in [0.5, 0.6) is 0 Å². The van der Waals surface area contributed by atoms with Gasteiger partial charge in [0.2, 0.25) is 0 Å². The molecule has 132 valence electrons. The summed E-state index contributed by atoms with van der Waals surface area (Å²) >= 11 is 0. The number of benzene rings is 1. The molecule has 1 aromatic carbocycles. The number of allylic oxidation sites excluding steroid dienone is 2. The SMILES string of the molecule is CC(C)=C[C@@H]1[C@@H](C(=O)OCc2c(C)c(F)c(C)c(F)c2C)C1(C)C. The van der Waals surface area contributed by atoms with Crippen molar-refractivity contribution in [2.24, 2.45) is 17.3 Å². The summed E-state index contributed by atoms with van der Waals surface area (Å²) in [6.45, 7) is 12.6. The average Bonchev–Trinajstić information content (AvgIpc) is 3.02. The Morgan fingerprint density at radius 3 is 2.04 bits per heavy atom. The smallest absolute Gasteiger partial charge is 0.310 e. The fraction of sp³-hybridized carbons (Fsp3) is 0.550. The van der Waals surface area contributed by atoms with Crippen LogP contribution in [0.3, 0.4) is 0 Å². The summed E-state index contributed by atoms with van der Waals surface area (Å²) in [7, 11) is 0. The molecule has 1 aromatic rings. The van der Waals surface area contributed by atoms with E-state index in [2.05, 4.69) is 6.08 Å². The van der Waals surface area contributed by atoms with Crippen LogP contribution in [-0.4, -0.2) is 5.97 Å². The molecule has 1 saturated carbocycles. The van der Waals surface area contributed by atoms with Gasteiger partial charge in [0.05, 0.1) is 5.92 Å². The molecule has 2 nitrogen and oxygen atoms in total. The van der Waals surface area contributed by atoms with E-state index in [-0.39, 0.29) is 35.4 Å². The molecule has 0 amide bonds. The highest BCUT2D eigenvalue weighted by molar-refractivity contribution is 5.78. The molecule has 2 atom stereocenters. The molecule has 0 N–H and O–H groups in total. The van der Waals surface area contributed by atoms with E-state index < -0.39 is 11.6 Å². The Kier molecular flexibility index (Phi) is 4.89. The highest BCUT2D eigenvalue weighted by Crippen LogP contribution is 2.59. The van der Waals surface area contributed by atoms with Gasteiger partial charge in [-0.3, -0.25) is 4.79 Å². The molecule has 4 heteroatoms. The molecule has 1 fully saturated rings. The third kappa shape index (κ3) is 3.11. The molecule has 0 aromatic heterocycles. The van der Waals surface area contributed by atoms with Crippen LogP contribution in [0.2, 0.25) is 0 Å². The van der Waals surface area contributed by atoms with Crippen molar-refractivity contribution in [3.05, 3.63) is 45.5 Å². The summed E-state index contributed by atoms with van der Waals surface area (Å²) in [5, 5.41) is 0. The second-order valence-corrected chi connectivity index (χ2v) is 7.66. The highest BCUT2D eigenvalue weighted by Gasteiger charge is 2.61. The van der Waals surface area contributed by atoms with E-state index in [1.807, 2.05) is 27.7 Å². The zero-order chi connectivity index (χ0) is 18.4. The van der Waals surface area contributed by atoms with Crippen molar-refractivity contribution in [1.29, 1.82) is 0 Å². The van der Waals surface area contributed by atoms with Gasteiger partial charge in [-0.15, -0.1) is 0 Å². The van der Waals surface area contributed by atoms with Crippen molar-refractivity contribution in [2.45, 2.75) is 55.1 Å². The van der Waals surface area contributed by atoms with Crippen LogP contribution in [0.1, 0.15) is 49.9 Å². The van der Waals surface area contributed by atoms with Gasteiger partial charge in [-0.05, 0) is 57.1 Å². The van der Waals surface area contributed by atoms with Crippen LogP contribution in [0.25, 0.3) is 0 Å². The number of hydrogen-bond acceptors (Lipinski definition) is 2. The normalized spacial score (nSPS) is 21.4. The molecule has 24 heavy (non-hydrogen) atoms. The minimum atomic E-state index is -0.571. The van der Waals surface area contributed by atoms with Gasteiger partial charge in [-0.2, -0.15) is 0 Å². The van der Waals surface area contributed by atoms with Crippen LogP contribution < -0.4 is 0 Å². The van der Waals surface area contributed by atoms with Crippen LogP contribution in [0, 0.1) is 49.7 Å². The largest absolute Gasteiger partial charge is 0.461 e. The molecule has 0 aliphatic heterocycles. The zero-order valence-corrected chi connectivity index (χ0v) is 15.5. The molecule has 0 spiro atoms. The molecular formula is C20H26F2O2. The molecule has 0 bridgehead atoms. The number of halogens is 2. The molecule has 1 aliphatic carbocycles. The standard InChI is InChI=1S/C20H26F2O2/c1-10(2)8-15-16(20(15,6)7)19(23)24-9-14-11(3)17(21)13(5)18(22)12(14)4/h8,15-16H,9H2,1-7H3/t15-,16+/m1/s1. The summed E-state index contributed by atoms with van der Waals surface area (Å²) in [5.41, 5.74) is 2.14. The maximum atomic E-state index is 14.1. The van der Waals surface area contributed by atoms with Crippen LogP contribution in [0.15, 0.2) is 11.6 Å². The highest BCUT2D eigenvalue weighted by atomic mass is 19.1. The Morgan fingerprint density at radius 1 is 1.08 bits per heavy atom. The van der Waals surface area contributed by atoms with Gasteiger partial charge in [-0.1, -0.05) is 25.5 Å². The summed E-state index contributed by atoms with van der Waals surface area (Å²) in [6.07, 6.45) is 2.09. The van der Waals surface area contributed by atoms with Gasteiger partial charge < -0.3 is 4.74 Å². The third-order valence-electron chi connectivity index (χ3n) is 5.26. The molecule has 0 unspecified atom stereocenters. The van der Waals surface area contributed by atoms with E-state index >= 15 is 0 Å². The number of rotatable bonds is 4. The minimum absolute atomic E-state index is 0.00650. The van der Waals surface area contributed by atoms with Crippen LogP contribution in [0.4, 0.5) is 8.78 Å². The van der Waals surface area contributed by atoms with E-state index in [0.29, 0.717) is 16.7 Å². The van der Waals surface area contributed by atoms with Gasteiger partial charge in [0.25, 0.3) is 0 Å². The first-order valence-corrected chi connectivity index (χ1v) is 8.25. The topological polar surface area (TPSA) is 26.3 Å². The van der Waals surface area contributed by atoms with E-state index in [4.69, 9.17) is 4.74 Å². The number of hydrogen-bond donors (Lipinski definition) is 0. The van der Waals surface area contributed by atoms with Crippen LogP contribution >= 0.6 is 0 Å². The molecule has 0 heterocycles. The van der Waals surface area contributed by atoms with Crippen molar-refractivity contribution in [3.8, 4) is 0 Å². The van der Waals surface area contributed by atoms with Crippen molar-refractivity contribution in [1.82, 2.24) is 0 Å². The van der Waals surface area contributed by atoms with Gasteiger partial charge in [-0.25, -0.2) is 8.78 Å². The Morgan fingerprint density at radius 2 is 1.58 bits per heavy atom. The first-order valence-electron chi connectivity index (χ1n) is 8.25. The van der Waals surface area contributed by atoms with Gasteiger partial charge in [0.1, 0.15) is 18.2 Å². The Hall–Kier alpha value is -1.71. The average molecular weight is 336 g/mol. The lowest BCUT2D eigenvalue weighted by Gasteiger charge is -2.15. The second-order valence-electron chi connectivity index (χ2n) is 7.66. The number of carbonyl (C=O) groups is 1. The molecule has 0 radical (unpaired) electrons. The van der Waals surface area contributed by atoms with Gasteiger partial charge in [0, 0.05) is 11.1 Å². The number of esters is 1. The first kappa shape index (κ1) is 18.6. The number of ether oxygens (including phenoxy) is 1. The van der Waals surface area contributed by atoms with Gasteiger partial charge in [0.15, 0.2) is 0 Å². The van der Waals surface area contributed by atoms with Crippen LogP contribution in [-0.2, 0) is 16.1 Å². The van der Waals surface area contributed by atoms with Crippen molar-refractivity contribution < 1.29 is 18.3 Å². The predicted octanol–water partition coefficient (Wildman–Crippen LogP) is 5.17. The first-order chi connectivity index (χ1) is 11.0. The summed E-state index contributed by atoms with van der Waals surface area (Å²) in [6, 6.07) is 0. The second kappa shape index (κ2) is 6.30. The van der Waals surface area contributed by atoms with E-state index in [1.165, 1.54) is 6.92 Å². The van der Waals surface area contributed by atoms with E-state index in [9.17, 15) is 13.6 Å². The monoisotopic (exact) mass is 336 g/mol.